The Morgan fingerprint density at radius 1 is 0.812 bits per heavy atom. The van der Waals surface area contributed by atoms with Gasteiger partial charge in [-0.15, -0.1) is 0 Å². The molecule has 7 rings (SSSR count). The standard InChI is InChI=1S/C27H37N3O2/c1-13(2)29(14(3)4)23(31)25-18-19-21(25)26(17-10-9-11-28-12-17)22(25)20(18)27(19,26)24(32)30(15(5)6)16(7)8/h9-16,18-22H,1-8H3. The lowest BCUT2D eigenvalue weighted by atomic mass is 8.87. The number of carbonyl (C=O) groups excluding carboxylic acids is 2. The van der Waals surface area contributed by atoms with Crippen molar-refractivity contribution in [2.75, 3.05) is 0 Å². The van der Waals surface area contributed by atoms with Gasteiger partial charge < -0.3 is 9.80 Å². The molecule has 6 fully saturated rings. The van der Waals surface area contributed by atoms with E-state index < -0.39 is 0 Å². The maximum atomic E-state index is 14.2. The molecule has 4 unspecified atom stereocenters. The molecule has 0 aliphatic heterocycles. The van der Waals surface area contributed by atoms with Crippen LogP contribution in [0.3, 0.4) is 0 Å². The highest BCUT2D eigenvalue weighted by molar-refractivity contribution is 6.04. The van der Waals surface area contributed by atoms with E-state index in [1.807, 2.05) is 18.5 Å². The molecule has 1 aromatic rings. The molecule has 172 valence electrons. The van der Waals surface area contributed by atoms with E-state index in [1.165, 1.54) is 5.56 Å². The summed E-state index contributed by atoms with van der Waals surface area (Å²) in [7, 11) is 0. The third kappa shape index (κ3) is 1.56. The maximum Gasteiger partial charge on any atom is 0.230 e. The van der Waals surface area contributed by atoms with Gasteiger partial charge in [-0.2, -0.15) is 0 Å². The predicted molar refractivity (Wildman–Crippen MR) is 122 cm³/mol. The number of aromatic nitrogens is 1. The zero-order chi connectivity index (χ0) is 23.1. The van der Waals surface area contributed by atoms with Gasteiger partial charge in [0.1, 0.15) is 0 Å². The first kappa shape index (κ1) is 20.7. The van der Waals surface area contributed by atoms with Gasteiger partial charge in [0.2, 0.25) is 11.8 Å². The lowest BCUT2D eigenvalue weighted by Crippen LogP contribution is -3.18. The Morgan fingerprint density at radius 3 is 1.75 bits per heavy atom. The Bertz CT molecular complexity index is 977. The largest absolute Gasteiger partial charge is 0.337 e. The summed E-state index contributed by atoms with van der Waals surface area (Å²) in [5.41, 5.74) is 0.542. The molecular formula is C27H37N3O2. The van der Waals surface area contributed by atoms with E-state index in [2.05, 4.69) is 76.2 Å². The van der Waals surface area contributed by atoms with Gasteiger partial charge in [0.15, 0.2) is 0 Å². The molecule has 0 bridgehead atoms. The third-order valence-corrected chi connectivity index (χ3v) is 10.3. The highest BCUT2D eigenvalue weighted by atomic mass is 16.2. The van der Waals surface area contributed by atoms with E-state index in [0.717, 1.165) is 0 Å². The normalized spacial score (nSPS) is 43.2. The summed E-state index contributed by atoms with van der Waals surface area (Å²) >= 11 is 0. The second-order valence-corrected chi connectivity index (χ2v) is 12.2. The minimum atomic E-state index is -0.285. The molecule has 5 heteroatoms. The van der Waals surface area contributed by atoms with E-state index in [1.54, 1.807) is 0 Å². The Kier molecular flexibility index (Phi) is 3.73. The Balaban J connectivity index is 1.43. The summed E-state index contributed by atoms with van der Waals surface area (Å²) in [6.07, 6.45) is 3.79. The fourth-order valence-electron chi connectivity index (χ4n) is 10.3. The van der Waals surface area contributed by atoms with Crippen molar-refractivity contribution in [3.05, 3.63) is 30.1 Å². The average molecular weight is 436 g/mol. The molecule has 6 saturated carbocycles. The van der Waals surface area contributed by atoms with Crippen LogP contribution in [0.4, 0.5) is 0 Å². The van der Waals surface area contributed by atoms with Crippen LogP contribution in [-0.2, 0) is 15.0 Å². The molecule has 4 atom stereocenters. The van der Waals surface area contributed by atoms with E-state index in [4.69, 9.17) is 0 Å². The molecule has 6 aliphatic carbocycles. The van der Waals surface area contributed by atoms with Crippen LogP contribution in [0, 0.1) is 40.4 Å². The van der Waals surface area contributed by atoms with Crippen LogP contribution >= 0.6 is 0 Å². The number of amides is 2. The lowest BCUT2D eigenvalue weighted by Gasteiger charge is -3.14. The van der Waals surface area contributed by atoms with Crippen molar-refractivity contribution in [2.45, 2.75) is 85.0 Å². The van der Waals surface area contributed by atoms with Crippen LogP contribution in [0.5, 0.6) is 0 Å². The summed E-state index contributed by atoms with van der Waals surface area (Å²) in [6.45, 7) is 17.0. The molecule has 0 aromatic carbocycles. The van der Waals surface area contributed by atoms with E-state index in [9.17, 15) is 9.59 Å². The van der Waals surface area contributed by atoms with Gasteiger partial charge in [-0.25, -0.2) is 0 Å². The van der Waals surface area contributed by atoms with Crippen LogP contribution in [-0.4, -0.2) is 50.8 Å². The second-order valence-electron chi connectivity index (χ2n) is 12.2. The summed E-state index contributed by atoms with van der Waals surface area (Å²) in [5.74, 6) is 2.53. The number of pyridine rings is 1. The molecule has 5 nitrogen and oxygen atoms in total. The molecule has 32 heavy (non-hydrogen) atoms. The molecule has 0 radical (unpaired) electrons. The molecule has 1 aromatic heterocycles. The number of nitrogens with zero attached hydrogens (tertiary/aromatic N) is 3. The van der Waals surface area contributed by atoms with Crippen molar-refractivity contribution in [3.63, 3.8) is 0 Å². The van der Waals surface area contributed by atoms with Gasteiger partial charge in [0.25, 0.3) is 0 Å². The number of hydrogen-bond acceptors (Lipinski definition) is 3. The van der Waals surface area contributed by atoms with Crippen molar-refractivity contribution in [3.8, 4) is 0 Å². The van der Waals surface area contributed by atoms with Gasteiger partial charge in [-0.1, -0.05) is 6.07 Å². The van der Waals surface area contributed by atoms with Crippen LogP contribution in [0.2, 0.25) is 0 Å². The topological polar surface area (TPSA) is 53.5 Å². The van der Waals surface area contributed by atoms with E-state index in [0.29, 0.717) is 41.4 Å². The van der Waals surface area contributed by atoms with Crippen molar-refractivity contribution in [2.24, 2.45) is 40.4 Å². The van der Waals surface area contributed by atoms with Gasteiger partial charge >= 0.3 is 0 Å². The molecule has 0 saturated heterocycles. The fourth-order valence-corrected chi connectivity index (χ4v) is 10.3. The Hall–Kier alpha value is -1.91. The minimum Gasteiger partial charge on any atom is -0.337 e. The molecule has 2 amide bonds. The van der Waals surface area contributed by atoms with Gasteiger partial charge in [0, 0.05) is 42.0 Å². The van der Waals surface area contributed by atoms with Crippen molar-refractivity contribution >= 4 is 11.8 Å². The first-order valence-corrected chi connectivity index (χ1v) is 12.6. The van der Waals surface area contributed by atoms with E-state index in [-0.39, 0.29) is 40.4 Å². The zero-order valence-corrected chi connectivity index (χ0v) is 20.7. The summed E-state index contributed by atoms with van der Waals surface area (Å²) < 4.78 is 0. The maximum absolute atomic E-state index is 14.2. The molecule has 0 spiro atoms. The van der Waals surface area contributed by atoms with Crippen molar-refractivity contribution in [1.82, 2.24) is 14.8 Å². The van der Waals surface area contributed by atoms with Crippen LogP contribution in [0.25, 0.3) is 0 Å². The molecule has 0 N–H and O–H groups in total. The van der Waals surface area contributed by atoms with Crippen molar-refractivity contribution in [1.29, 1.82) is 0 Å². The molecule has 6 aliphatic rings. The number of rotatable bonds is 7. The van der Waals surface area contributed by atoms with Crippen LogP contribution < -0.4 is 0 Å². The van der Waals surface area contributed by atoms with Gasteiger partial charge in [-0.3, -0.25) is 14.6 Å². The smallest absolute Gasteiger partial charge is 0.230 e. The second kappa shape index (κ2) is 5.77. The van der Waals surface area contributed by atoms with Crippen LogP contribution in [0.15, 0.2) is 24.5 Å². The average Bonchev–Trinajstić information content (AvgIpc) is 2.72. The lowest BCUT2D eigenvalue weighted by molar-refractivity contribution is -0.641. The van der Waals surface area contributed by atoms with Crippen LogP contribution in [0.1, 0.15) is 61.0 Å². The quantitative estimate of drug-likeness (QED) is 0.656. The van der Waals surface area contributed by atoms with E-state index >= 15 is 0 Å². The Labute approximate surface area is 191 Å². The summed E-state index contributed by atoms with van der Waals surface area (Å²) in [5, 5.41) is 0. The van der Waals surface area contributed by atoms with Crippen molar-refractivity contribution < 1.29 is 9.59 Å². The predicted octanol–water partition coefficient (Wildman–Crippen LogP) is 3.73. The minimum absolute atomic E-state index is 0.167. The first-order valence-electron chi connectivity index (χ1n) is 12.6. The third-order valence-electron chi connectivity index (χ3n) is 10.3. The first-order chi connectivity index (χ1) is 15.1. The summed E-state index contributed by atoms with van der Waals surface area (Å²) in [6, 6.07) is 4.93. The number of carbonyl (C=O) groups is 2. The number of hydrogen-bond donors (Lipinski definition) is 0. The zero-order valence-electron chi connectivity index (χ0n) is 20.7. The highest BCUT2D eigenvalue weighted by Gasteiger charge is 3.18. The summed E-state index contributed by atoms with van der Waals surface area (Å²) in [4.78, 5) is 36.9. The highest BCUT2D eigenvalue weighted by Crippen LogP contribution is 3.14. The molecule has 1 heterocycles. The monoisotopic (exact) mass is 435 g/mol. The fraction of sp³-hybridized carbons (Fsp3) is 0.741. The molecular weight excluding hydrogens is 398 g/mol. The Morgan fingerprint density at radius 2 is 1.31 bits per heavy atom. The van der Waals surface area contributed by atoms with Gasteiger partial charge in [-0.05, 0) is 96.6 Å². The van der Waals surface area contributed by atoms with Gasteiger partial charge in [0.05, 0.1) is 10.8 Å². The SMILES string of the molecule is CC(C)N(C(=O)C12C3C4C1C1(c5cccnc5)C2C3C41C(=O)N(C(C)C)C(C)C)C(C)C.